The van der Waals surface area contributed by atoms with E-state index in [1.165, 1.54) is 4.57 Å². The molecular formula is C21H23N3O4. The molecule has 7 heteroatoms. The average molecular weight is 381 g/mol. The van der Waals surface area contributed by atoms with Gasteiger partial charge in [0.1, 0.15) is 12.3 Å². The van der Waals surface area contributed by atoms with Crippen LogP contribution in [0, 0.1) is 5.92 Å². The fraction of sp³-hybridized carbons (Fsp3) is 0.286. The number of nitrogens with one attached hydrogen (secondary N) is 1. The fourth-order valence-corrected chi connectivity index (χ4v) is 2.95. The summed E-state index contributed by atoms with van der Waals surface area (Å²) in [5.74, 6) is 0.637. The van der Waals surface area contributed by atoms with E-state index in [-0.39, 0.29) is 12.5 Å². The first kappa shape index (κ1) is 19.4. The van der Waals surface area contributed by atoms with Gasteiger partial charge in [-0.3, -0.25) is 14.2 Å². The van der Waals surface area contributed by atoms with E-state index in [0.717, 1.165) is 4.57 Å². The van der Waals surface area contributed by atoms with Crippen LogP contribution >= 0.6 is 0 Å². The smallest absolute Gasteiger partial charge is 0.336 e. The van der Waals surface area contributed by atoms with Gasteiger partial charge in [0.05, 0.1) is 23.7 Å². The molecule has 3 aromatic rings. The van der Waals surface area contributed by atoms with Gasteiger partial charge in [0.25, 0.3) is 5.56 Å². The van der Waals surface area contributed by atoms with Gasteiger partial charge in [-0.15, -0.1) is 0 Å². The normalized spacial score (nSPS) is 11.0. The summed E-state index contributed by atoms with van der Waals surface area (Å²) in [5, 5.41) is 3.18. The minimum Gasteiger partial charge on any atom is -0.497 e. The molecule has 146 valence electrons. The summed E-state index contributed by atoms with van der Waals surface area (Å²) in [6.45, 7) is 4.34. The lowest BCUT2D eigenvalue weighted by atomic mass is 10.2. The van der Waals surface area contributed by atoms with Crippen LogP contribution in [0.25, 0.3) is 16.6 Å². The minimum absolute atomic E-state index is 0.164. The Kier molecular flexibility index (Phi) is 5.63. The van der Waals surface area contributed by atoms with Crippen molar-refractivity contribution in [2.45, 2.75) is 20.4 Å². The molecule has 0 aliphatic carbocycles. The Labute approximate surface area is 162 Å². The second-order valence-corrected chi connectivity index (χ2v) is 6.92. The van der Waals surface area contributed by atoms with Gasteiger partial charge in [0, 0.05) is 6.54 Å². The maximum absolute atomic E-state index is 13.1. The quantitative estimate of drug-likeness (QED) is 0.707. The molecular weight excluding hydrogens is 358 g/mol. The van der Waals surface area contributed by atoms with Crippen LogP contribution in [-0.4, -0.2) is 28.7 Å². The lowest BCUT2D eigenvalue weighted by Gasteiger charge is -2.15. The van der Waals surface area contributed by atoms with Gasteiger partial charge in [-0.05, 0) is 42.3 Å². The summed E-state index contributed by atoms with van der Waals surface area (Å²) in [4.78, 5) is 38.5. The molecule has 0 saturated heterocycles. The molecule has 1 aromatic heterocycles. The van der Waals surface area contributed by atoms with Gasteiger partial charge in [-0.2, -0.15) is 0 Å². The molecule has 1 amide bonds. The molecule has 0 radical (unpaired) electrons. The van der Waals surface area contributed by atoms with Crippen molar-refractivity contribution in [3.05, 3.63) is 69.4 Å². The van der Waals surface area contributed by atoms with E-state index >= 15 is 0 Å². The zero-order valence-corrected chi connectivity index (χ0v) is 16.1. The number of ether oxygens (including phenoxy) is 1. The van der Waals surface area contributed by atoms with Crippen molar-refractivity contribution in [1.29, 1.82) is 0 Å². The van der Waals surface area contributed by atoms with Crippen molar-refractivity contribution in [3.8, 4) is 11.4 Å². The number of hydrogen-bond donors (Lipinski definition) is 1. The van der Waals surface area contributed by atoms with E-state index < -0.39 is 11.2 Å². The Morgan fingerprint density at radius 1 is 1.07 bits per heavy atom. The number of carbonyl (C=O) groups is 1. The minimum atomic E-state index is -0.562. The van der Waals surface area contributed by atoms with Crippen LogP contribution in [0.4, 0.5) is 0 Å². The summed E-state index contributed by atoms with van der Waals surface area (Å²) >= 11 is 0. The summed E-state index contributed by atoms with van der Waals surface area (Å²) in [7, 11) is 1.54. The number of carbonyl (C=O) groups excluding carboxylic acids is 1. The number of aromatic nitrogens is 2. The highest BCUT2D eigenvalue weighted by molar-refractivity contribution is 5.81. The van der Waals surface area contributed by atoms with E-state index in [9.17, 15) is 14.4 Å². The molecule has 0 saturated carbocycles. The molecule has 0 unspecified atom stereocenters. The lowest BCUT2D eigenvalue weighted by Crippen LogP contribution is -2.42. The van der Waals surface area contributed by atoms with E-state index in [0.29, 0.717) is 34.8 Å². The van der Waals surface area contributed by atoms with Crippen LogP contribution in [-0.2, 0) is 11.3 Å². The average Bonchev–Trinajstić information content (AvgIpc) is 2.70. The van der Waals surface area contributed by atoms with Gasteiger partial charge in [-0.25, -0.2) is 9.36 Å². The first-order valence-corrected chi connectivity index (χ1v) is 9.08. The second-order valence-electron chi connectivity index (χ2n) is 6.92. The zero-order valence-electron chi connectivity index (χ0n) is 16.1. The lowest BCUT2D eigenvalue weighted by molar-refractivity contribution is -0.121. The van der Waals surface area contributed by atoms with Crippen LogP contribution in [0.2, 0.25) is 0 Å². The van der Waals surface area contributed by atoms with Crippen LogP contribution in [0.1, 0.15) is 13.8 Å². The molecule has 0 spiro atoms. The summed E-state index contributed by atoms with van der Waals surface area (Å²) in [6.07, 6.45) is 0. The first-order chi connectivity index (χ1) is 13.4. The second kappa shape index (κ2) is 8.12. The van der Waals surface area contributed by atoms with Crippen LogP contribution in [0.15, 0.2) is 58.1 Å². The highest BCUT2D eigenvalue weighted by atomic mass is 16.5. The van der Waals surface area contributed by atoms with Crippen molar-refractivity contribution in [2.24, 2.45) is 5.92 Å². The molecule has 0 atom stereocenters. The van der Waals surface area contributed by atoms with E-state index in [1.54, 1.807) is 55.6 Å². The van der Waals surface area contributed by atoms with Crippen LogP contribution < -0.4 is 21.3 Å². The molecule has 2 aromatic carbocycles. The Morgan fingerprint density at radius 3 is 2.39 bits per heavy atom. The van der Waals surface area contributed by atoms with Crippen molar-refractivity contribution in [1.82, 2.24) is 14.5 Å². The van der Waals surface area contributed by atoms with Gasteiger partial charge in [0.2, 0.25) is 5.91 Å². The molecule has 0 bridgehead atoms. The third kappa shape index (κ3) is 3.83. The zero-order chi connectivity index (χ0) is 20.3. The molecule has 1 N–H and O–H groups in total. The van der Waals surface area contributed by atoms with Crippen molar-refractivity contribution < 1.29 is 9.53 Å². The van der Waals surface area contributed by atoms with Crippen molar-refractivity contribution >= 4 is 16.8 Å². The predicted molar refractivity (Wildman–Crippen MR) is 108 cm³/mol. The Bertz CT molecular complexity index is 1110. The summed E-state index contributed by atoms with van der Waals surface area (Å²) < 4.78 is 7.55. The molecule has 0 aliphatic heterocycles. The number of fused-ring (bicyclic) bond motifs is 1. The number of benzene rings is 2. The van der Waals surface area contributed by atoms with Gasteiger partial charge >= 0.3 is 5.69 Å². The molecule has 1 heterocycles. The standard InChI is InChI=1S/C21H23N3O4/c1-14(2)12-22-19(25)13-23-18-7-5-4-6-17(18)20(26)24(21(23)27)15-8-10-16(28-3)11-9-15/h4-11,14H,12-13H2,1-3H3,(H,22,25). The third-order valence-electron chi connectivity index (χ3n) is 4.39. The third-order valence-corrected chi connectivity index (χ3v) is 4.39. The van der Waals surface area contributed by atoms with Crippen LogP contribution in [0.5, 0.6) is 5.75 Å². The first-order valence-electron chi connectivity index (χ1n) is 9.08. The van der Waals surface area contributed by atoms with E-state index in [4.69, 9.17) is 4.74 Å². The number of para-hydroxylation sites is 1. The van der Waals surface area contributed by atoms with Gasteiger partial charge < -0.3 is 10.1 Å². The molecule has 0 aliphatic rings. The number of hydrogen-bond acceptors (Lipinski definition) is 4. The Morgan fingerprint density at radius 2 is 1.75 bits per heavy atom. The van der Waals surface area contributed by atoms with E-state index in [1.807, 2.05) is 13.8 Å². The number of nitrogens with zero attached hydrogens (tertiary/aromatic N) is 2. The largest absolute Gasteiger partial charge is 0.497 e. The Balaban J connectivity index is 2.16. The molecule has 7 nitrogen and oxygen atoms in total. The number of rotatable bonds is 6. The summed E-state index contributed by atoms with van der Waals surface area (Å²) in [5.41, 5.74) is -0.141. The maximum atomic E-state index is 13.1. The molecule has 0 fully saturated rings. The Hall–Kier alpha value is -3.35. The number of methoxy groups -OCH3 is 1. The van der Waals surface area contributed by atoms with Crippen molar-refractivity contribution in [2.75, 3.05) is 13.7 Å². The summed E-state index contributed by atoms with van der Waals surface area (Å²) in [6, 6.07) is 13.4. The number of amides is 1. The molecule has 28 heavy (non-hydrogen) atoms. The van der Waals surface area contributed by atoms with E-state index in [2.05, 4.69) is 5.32 Å². The topological polar surface area (TPSA) is 82.3 Å². The van der Waals surface area contributed by atoms with Gasteiger partial charge in [0.15, 0.2) is 0 Å². The van der Waals surface area contributed by atoms with Gasteiger partial charge in [-0.1, -0.05) is 26.0 Å². The highest BCUT2D eigenvalue weighted by Gasteiger charge is 2.16. The SMILES string of the molecule is COc1ccc(-n2c(=O)c3ccccc3n(CC(=O)NCC(C)C)c2=O)cc1. The fourth-order valence-electron chi connectivity index (χ4n) is 2.95. The van der Waals surface area contributed by atoms with Crippen molar-refractivity contribution in [3.63, 3.8) is 0 Å². The molecule has 3 rings (SSSR count). The predicted octanol–water partition coefficient (Wildman–Crippen LogP) is 1.93. The highest BCUT2D eigenvalue weighted by Crippen LogP contribution is 2.14. The monoisotopic (exact) mass is 381 g/mol. The maximum Gasteiger partial charge on any atom is 0.336 e. The van der Waals surface area contributed by atoms with Crippen LogP contribution in [0.3, 0.4) is 0 Å².